The average Bonchev–Trinajstić information content (AvgIpc) is 2.86. The molecule has 1 aromatic rings. The van der Waals surface area contributed by atoms with Crippen LogP contribution in [0.2, 0.25) is 0 Å². The number of hydrogen-bond donors (Lipinski definition) is 0. The molecule has 1 aliphatic carbocycles. The van der Waals surface area contributed by atoms with E-state index in [0.29, 0.717) is 24.5 Å². The first-order valence-electron chi connectivity index (χ1n) is 7.44. The molecule has 5 nitrogen and oxygen atoms in total. The Balaban J connectivity index is 2.70. The number of rotatable bonds is 4. The molecule has 144 valence electrons. The topological polar surface area (TPSA) is 69.7 Å². The van der Waals surface area contributed by atoms with Crippen LogP contribution < -0.4 is 4.18 Å². The molecule has 0 radical (unpaired) electrons. The van der Waals surface area contributed by atoms with Crippen LogP contribution in [0.1, 0.15) is 42.6 Å². The van der Waals surface area contributed by atoms with E-state index in [2.05, 4.69) is 8.92 Å². The molecule has 0 fully saturated rings. The second kappa shape index (κ2) is 6.57. The van der Waals surface area contributed by atoms with Crippen molar-refractivity contribution in [3.8, 4) is 5.75 Å². The predicted octanol–water partition coefficient (Wildman–Crippen LogP) is 4.04. The van der Waals surface area contributed by atoms with Crippen LogP contribution in [0.25, 0.3) is 5.57 Å². The number of alkyl halides is 3. The van der Waals surface area contributed by atoms with Gasteiger partial charge in [-0.1, -0.05) is 19.9 Å². The van der Waals surface area contributed by atoms with E-state index >= 15 is 0 Å². The molecule has 0 aliphatic heterocycles. The Morgan fingerprint density at radius 3 is 2.31 bits per heavy atom. The number of esters is 1. The van der Waals surface area contributed by atoms with Gasteiger partial charge in [-0.25, -0.2) is 9.18 Å². The SMILES string of the molecule is COC(=O)c1cc(F)c(OS(=O)(=O)C(F)(F)F)c(C2=CCCC2(C)C)c1. The zero-order valence-corrected chi connectivity index (χ0v) is 14.9. The summed E-state index contributed by atoms with van der Waals surface area (Å²) in [5.41, 5.74) is -6.44. The Labute approximate surface area is 147 Å². The molecular weight excluding hydrogens is 380 g/mol. The maximum Gasteiger partial charge on any atom is 0.534 e. The molecule has 1 aliphatic rings. The zero-order valence-electron chi connectivity index (χ0n) is 14.1. The standard InChI is InChI=1S/C16H16F4O5S/c1-15(2)6-4-5-11(15)10-7-9(14(21)24-3)8-12(17)13(10)25-26(22,23)16(18,19)20/h5,7-8H,4,6H2,1-3H3. The number of hydrogen-bond acceptors (Lipinski definition) is 5. The summed E-state index contributed by atoms with van der Waals surface area (Å²) < 4.78 is 83.7. The van der Waals surface area contributed by atoms with E-state index in [4.69, 9.17) is 0 Å². The smallest absolute Gasteiger partial charge is 0.465 e. The van der Waals surface area contributed by atoms with Gasteiger partial charge in [-0.2, -0.15) is 21.6 Å². The van der Waals surface area contributed by atoms with Gasteiger partial charge in [0.25, 0.3) is 0 Å². The molecule has 0 unspecified atom stereocenters. The van der Waals surface area contributed by atoms with Gasteiger partial charge < -0.3 is 8.92 Å². The highest BCUT2D eigenvalue weighted by Gasteiger charge is 2.49. The molecule has 0 N–H and O–H groups in total. The van der Waals surface area contributed by atoms with Crippen LogP contribution in [0.15, 0.2) is 18.2 Å². The fourth-order valence-electron chi connectivity index (χ4n) is 2.73. The molecule has 0 bridgehead atoms. The van der Waals surface area contributed by atoms with Gasteiger partial charge in [-0.15, -0.1) is 0 Å². The van der Waals surface area contributed by atoms with Crippen LogP contribution in [0.5, 0.6) is 5.75 Å². The number of carbonyl (C=O) groups is 1. The molecule has 0 saturated heterocycles. The zero-order chi connectivity index (χ0) is 19.9. The summed E-state index contributed by atoms with van der Waals surface area (Å²) in [7, 11) is -5.03. The van der Waals surface area contributed by atoms with E-state index in [1.807, 2.05) is 0 Å². The fraction of sp³-hybridized carbons (Fsp3) is 0.438. The van der Waals surface area contributed by atoms with Crippen molar-refractivity contribution in [2.75, 3.05) is 7.11 Å². The lowest BCUT2D eigenvalue weighted by Gasteiger charge is -2.25. The Morgan fingerprint density at radius 1 is 1.23 bits per heavy atom. The molecule has 0 aromatic heterocycles. The highest BCUT2D eigenvalue weighted by Crippen LogP contribution is 2.48. The Kier molecular flexibility index (Phi) is 5.10. The van der Waals surface area contributed by atoms with Gasteiger partial charge in [0.1, 0.15) is 0 Å². The quantitative estimate of drug-likeness (QED) is 0.332. The minimum absolute atomic E-state index is 0.235. The number of ether oxygens (including phenoxy) is 1. The van der Waals surface area contributed by atoms with E-state index in [0.717, 1.165) is 13.2 Å². The van der Waals surface area contributed by atoms with Crippen molar-refractivity contribution >= 4 is 21.7 Å². The molecule has 2 rings (SSSR count). The van der Waals surface area contributed by atoms with E-state index in [-0.39, 0.29) is 11.1 Å². The molecule has 1 aromatic carbocycles. The number of carbonyl (C=O) groups excluding carboxylic acids is 1. The maximum absolute atomic E-state index is 14.4. The first-order valence-corrected chi connectivity index (χ1v) is 8.84. The van der Waals surface area contributed by atoms with Gasteiger partial charge >= 0.3 is 21.6 Å². The maximum atomic E-state index is 14.4. The van der Waals surface area contributed by atoms with Crippen LogP contribution in [0.4, 0.5) is 17.6 Å². The predicted molar refractivity (Wildman–Crippen MR) is 84.3 cm³/mol. The first-order chi connectivity index (χ1) is 11.8. The Hall–Kier alpha value is -2.10. The number of halogens is 4. The lowest BCUT2D eigenvalue weighted by molar-refractivity contribution is -0.0501. The van der Waals surface area contributed by atoms with Crippen molar-refractivity contribution in [1.29, 1.82) is 0 Å². The second-order valence-corrected chi connectivity index (χ2v) is 7.89. The summed E-state index contributed by atoms with van der Waals surface area (Å²) in [4.78, 5) is 11.7. The largest absolute Gasteiger partial charge is 0.534 e. The normalized spacial score (nSPS) is 17.0. The summed E-state index contributed by atoms with van der Waals surface area (Å²) >= 11 is 0. The lowest BCUT2D eigenvalue weighted by atomic mass is 9.81. The Bertz CT molecular complexity index is 869. The molecule has 10 heteroatoms. The van der Waals surface area contributed by atoms with Crippen LogP contribution in [0.3, 0.4) is 0 Å². The second-order valence-electron chi connectivity index (χ2n) is 6.35. The molecule has 0 atom stereocenters. The molecule has 0 saturated carbocycles. The number of methoxy groups -OCH3 is 1. The third-order valence-electron chi connectivity index (χ3n) is 4.08. The highest BCUT2D eigenvalue weighted by atomic mass is 32.2. The van der Waals surface area contributed by atoms with Crippen molar-refractivity contribution < 1.29 is 39.7 Å². The number of benzene rings is 1. The van der Waals surface area contributed by atoms with Gasteiger partial charge in [0.05, 0.1) is 12.7 Å². The highest BCUT2D eigenvalue weighted by molar-refractivity contribution is 7.88. The van der Waals surface area contributed by atoms with Crippen LogP contribution in [-0.2, 0) is 14.9 Å². The van der Waals surface area contributed by atoms with Crippen LogP contribution in [-0.4, -0.2) is 27.0 Å². The molecule has 26 heavy (non-hydrogen) atoms. The minimum Gasteiger partial charge on any atom is -0.465 e. The third kappa shape index (κ3) is 3.69. The van der Waals surface area contributed by atoms with Gasteiger partial charge in [-0.05, 0) is 36.0 Å². The van der Waals surface area contributed by atoms with Crippen molar-refractivity contribution in [3.63, 3.8) is 0 Å². The molecule has 0 heterocycles. The van der Waals surface area contributed by atoms with Crippen LogP contribution >= 0.6 is 0 Å². The van der Waals surface area contributed by atoms with Crippen molar-refractivity contribution in [3.05, 3.63) is 35.2 Å². The average molecular weight is 396 g/mol. The third-order valence-corrected chi connectivity index (χ3v) is 5.03. The molecule has 0 spiro atoms. The van der Waals surface area contributed by atoms with E-state index in [1.165, 1.54) is 0 Å². The van der Waals surface area contributed by atoms with Gasteiger partial charge in [0.2, 0.25) is 0 Å². The first kappa shape index (κ1) is 20.2. The monoisotopic (exact) mass is 396 g/mol. The molecule has 0 amide bonds. The van der Waals surface area contributed by atoms with Crippen molar-refractivity contribution in [2.24, 2.45) is 5.41 Å². The van der Waals surface area contributed by atoms with Crippen LogP contribution in [0, 0.1) is 11.2 Å². The van der Waals surface area contributed by atoms with Crippen molar-refractivity contribution in [2.45, 2.75) is 32.2 Å². The molecular formula is C16H16F4O5S. The summed E-state index contributed by atoms with van der Waals surface area (Å²) in [5.74, 6) is -3.44. The van der Waals surface area contributed by atoms with E-state index in [9.17, 15) is 30.8 Å². The van der Waals surface area contributed by atoms with Crippen molar-refractivity contribution in [1.82, 2.24) is 0 Å². The summed E-state index contributed by atoms with van der Waals surface area (Å²) in [6.45, 7) is 3.52. The number of allylic oxidation sites excluding steroid dienone is 2. The summed E-state index contributed by atoms with van der Waals surface area (Å²) in [6, 6.07) is 1.63. The van der Waals surface area contributed by atoms with Gasteiger partial charge in [-0.3, -0.25) is 0 Å². The fourth-order valence-corrected chi connectivity index (χ4v) is 3.22. The summed E-state index contributed by atoms with van der Waals surface area (Å²) in [5, 5.41) is 0. The summed E-state index contributed by atoms with van der Waals surface area (Å²) in [6.07, 6.45) is 2.80. The Morgan fingerprint density at radius 2 is 1.85 bits per heavy atom. The van der Waals surface area contributed by atoms with E-state index < -0.39 is 38.6 Å². The van der Waals surface area contributed by atoms with E-state index in [1.54, 1.807) is 19.9 Å². The van der Waals surface area contributed by atoms with Gasteiger partial charge in [0.15, 0.2) is 11.6 Å². The lowest BCUT2D eigenvalue weighted by Crippen LogP contribution is -2.29. The van der Waals surface area contributed by atoms with Gasteiger partial charge in [0, 0.05) is 5.56 Å². The minimum atomic E-state index is -6.08.